The second-order valence-corrected chi connectivity index (χ2v) is 4.50. The van der Waals surface area contributed by atoms with Gasteiger partial charge in [0.1, 0.15) is 11.6 Å². The standard InChI is InChI=1S/C12H20N2O2/c1-8(12(16)5-10(3)15)6-14-7-9(2)13-11(14)4/h7-8,10,15H,5-6H2,1-4H3. The molecule has 1 heterocycles. The van der Waals surface area contributed by atoms with Crippen molar-refractivity contribution in [2.24, 2.45) is 5.92 Å². The molecule has 1 aromatic heterocycles. The minimum Gasteiger partial charge on any atom is -0.393 e. The minimum atomic E-state index is -0.555. The third-order valence-electron chi connectivity index (χ3n) is 2.61. The minimum absolute atomic E-state index is 0.0816. The van der Waals surface area contributed by atoms with E-state index in [0.717, 1.165) is 11.5 Å². The Labute approximate surface area is 96.3 Å². The molecule has 16 heavy (non-hydrogen) atoms. The molecule has 0 aliphatic heterocycles. The number of aliphatic hydroxyl groups excluding tert-OH is 1. The van der Waals surface area contributed by atoms with Gasteiger partial charge in [-0.3, -0.25) is 4.79 Å². The molecular formula is C12H20N2O2. The zero-order valence-electron chi connectivity index (χ0n) is 10.4. The van der Waals surface area contributed by atoms with Gasteiger partial charge in [-0.1, -0.05) is 6.92 Å². The number of ketones is 1. The van der Waals surface area contributed by atoms with Gasteiger partial charge in [0, 0.05) is 25.1 Å². The summed E-state index contributed by atoms with van der Waals surface area (Å²) in [6, 6.07) is 0. The number of hydrogen-bond acceptors (Lipinski definition) is 3. The quantitative estimate of drug-likeness (QED) is 0.824. The first-order valence-electron chi connectivity index (χ1n) is 5.61. The lowest BCUT2D eigenvalue weighted by Gasteiger charge is -2.13. The Morgan fingerprint density at radius 1 is 1.50 bits per heavy atom. The highest BCUT2D eigenvalue weighted by atomic mass is 16.3. The number of rotatable bonds is 5. The lowest BCUT2D eigenvalue weighted by atomic mass is 10.0. The van der Waals surface area contributed by atoms with E-state index in [1.54, 1.807) is 6.92 Å². The van der Waals surface area contributed by atoms with E-state index in [0.29, 0.717) is 6.54 Å². The average Bonchev–Trinajstić information content (AvgIpc) is 2.43. The van der Waals surface area contributed by atoms with Crippen molar-refractivity contribution in [1.29, 1.82) is 0 Å². The molecule has 0 fully saturated rings. The summed E-state index contributed by atoms with van der Waals surface area (Å²) in [4.78, 5) is 16.0. The summed E-state index contributed by atoms with van der Waals surface area (Å²) in [7, 11) is 0. The Balaban J connectivity index is 2.60. The molecule has 0 saturated carbocycles. The average molecular weight is 224 g/mol. The predicted octanol–water partition coefficient (Wildman–Crippen LogP) is 1.48. The topological polar surface area (TPSA) is 55.1 Å². The molecule has 2 atom stereocenters. The van der Waals surface area contributed by atoms with Crippen LogP contribution in [0.3, 0.4) is 0 Å². The summed E-state index contributed by atoms with van der Waals surface area (Å²) in [5.41, 5.74) is 0.965. The van der Waals surface area contributed by atoms with E-state index in [1.165, 1.54) is 0 Å². The van der Waals surface area contributed by atoms with Crippen LogP contribution in [0.25, 0.3) is 0 Å². The van der Waals surface area contributed by atoms with Crippen molar-refractivity contribution in [2.45, 2.75) is 46.8 Å². The lowest BCUT2D eigenvalue weighted by Crippen LogP contribution is -2.21. The Morgan fingerprint density at radius 2 is 2.12 bits per heavy atom. The van der Waals surface area contributed by atoms with Gasteiger partial charge in [0.15, 0.2) is 0 Å². The van der Waals surface area contributed by atoms with E-state index in [9.17, 15) is 4.79 Å². The van der Waals surface area contributed by atoms with Gasteiger partial charge in [-0.15, -0.1) is 0 Å². The summed E-state index contributed by atoms with van der Waals surface area (Å²) in [6.07, 6.45) is 1.62. The number of carbonyl (C=O) groups is 1. The largest absolute Gasteiger partial charge is 0.393 e. The van der Waals surface area contributed by atoms with Gasteiger partial charge < -0.3 is 9.67 Å². The summed E-state index contributed by atoms with van der Waals surface area (Å²) >= 11 is 0. The second kappa shape index (κ2) is 5.25. The monoisotopic (exact) mass is 224 g/mol. The molecule has 0 aliphatic rings. The fourth-order valence-electron chi connectivity index (χ4n) is 1.74. The van der Waals surface area contributed by atoms with Crippen LogP contribution in [0.4, 0.5) is 0 Å². The second-order valence-electron chi connectivity index (χ2n) is 4.50. The highest BCUT2D eigenvalue weighted by Gasteiger charge is 2.16. The van der Waals surface area contributed by atoms with Crippen molar-refractivity contribution >= 4 is 5.78 Å². The van der Waals surface area contributed by atoms with E-state index in [1.807, 2.05) is 31.5 Å². The van der Waals surface area contributed by atoms with Crippen molar-refractivity contribution in [2.75, 3.05) is 0 Å². The molecule has 0 radical (unpaired) electrons. The number of hydrogen-bond donors (Lipinski definition) is 1. The molecule has 0 aromatic carbocycles. The maximum Gasteiger partial charge on any atom is 0.140 e. The van der Waals surface area contributed by atoms with Crippen LogP contribution in [0.5, 0.6) is 0 Å². The Hall–Kier alpha value is -1.16. The molecule has 2 unspecified atom stereocenters. The molecule has 4 heteroatoms. The summed E-state index contributed by atoms with van der Waals surface area (Å²) in [6.45, 7) is 8.03. The number of carbonyl (C=O) groups excluding carboxylic acids is 1. The van der Waals surface area contributed by atoms with Crippen LogP contribution in [0.2, 0.25) is 0 Å². The van der Waals surface area contributed by atoms with Crippen LogP contribution in [0.1, 0.15) is 31.8 Å². The number of nitrogens with zero attached hydrogens (tertiary/aromatic N) is 2. The number of imidazole rings is 1. The fourth-order valence-corrected chi connectivity index (χ4v) is 1.74. The van der Waals surface area contributed by atoms with Gasteiger partial charge in [0.25, 0.3) is 0 Å². The van der Waals surface area contributed by atoms with Crippen molar-refractivity contribution in [3.05, 3.63) is 17.7 Å². The number of aromatic nitrogens is 2. The van der Waals surface area contributed by atoms with Crippen LogP contribution >= 0.6 is 0 Å². The molecule has 0 saturated heterocycles. The van der Waals surface area contributed by atoms with Crippen molar-refractivity contribution in [3.8, 4) is 0 Å². The normalized spacial score (nSPS) is 14.8. The van der Waals surface area contributed by atoms with Crippen LogP contribution < -0.4 is 0 Å². The summed E-state index contributed by atoms with van der Waals surface area (Å²) < 4.78 is 1.99. The number of aryl methyl sites for hydroxylation is 2. The molecule has 0 bridgehead atoms. The Kier molecular flexibility index (Phi) is 4.24. The summed E-state index contributed by atoms with van der Waals surface area (Å²) in [5.74, 6) is 0.942. The van der Waals surface area contributed by atoms with Gasteiger partial charge in [-0.25, -0.2) is 4.98 Å². The van der Waals surface area contributed by atoms with Gasteiger partial charge in [0.05, 0.1) is 11.8 Å². The van der Waals surface area contributed by atoms with Crippen LogP contribution in [-0.2, 0) is 11.3 Å². The van der Waals surface area contributed by atoms with Gasteiger partial charge in [-0.05, 0) is 20.8 Å². The zero-order valence-corrected chi connectivity index (χ0v) is 10.4. The third kappa shape index (κ3) is 3.45. The zero-order chi connectivity index (χ0) is 12.3. The highest BCUT2D eigenvalue weighted by molar-refractivity contribution is 5.80. The summed E-state index contributed by atoms with van der Waals surface area (Å²) in [5, 5.41) is 9.16. The third-order valence-corrected chi connectivity index (χ3v) is 2.61. The maximum absolute atomic E-state index is 11.7. The predicted molar refractivity (Wildman–Crippen MR) is 62.2 cm³/mol. The van der Waals surface area contributed by atoms with Gasteiger partial charge in [-0.2, -0.15) is 0 Å². The first-order valence-corrected chi connectivity index (χ1v) is 5.61. The molecule has 0 spiro atoms. The Bertz CT molecular complexity index is 369. The van der Waals surface area contributed by atoms with Gasteiger partial charge >= 0.3 is 0 Å². The molecule has 1 rings (SSSR count). The van der Waals surface area contributed by atoms with E-state index < -0.39 is 6.10 Å². The molecule has 1 N–H and O–H groups in total. The van der Waals surface area contributed by atoms with Crippen molar-refractivity contribution in [1.82, 2.24) is 9.55 Å². The fraction of sp³-hybridized carbons (Fsp3) is 0.667. The number of aliphatic hydroxyl groups is 1. The van der Waals surface area contributed by atoms with Crippen molar-refractivity contribution < 1.29 is 9.90 Å². The van der Waals surface area contributed by atoms with Crippen molar-refractivity contribution in [3.63, 3.8) is 0 Å². The lowest BCUT2D eigenvalue weighted by molar-refractivity contribution is -0.124. The number of Topliss-reactive ketones (excluding diaryl/α,β-unsaturated/α-hetero) is 1. The molecule has 90 valence electrons. The van der Waals surface area contributed by atoms with E-state index in [4.69, 9.17) is 5.11 Å². The van der Waals surface area contributed by atoms with E-state index in [2.05, 4.69) is 4.98 Å². The smallest absolute Gasteiger partial charge is 0.140 e. The highest BCUT2D eigenvalue weighted by Crippen LogP contribution is 2.10. The molecular weight excluding hydrogens is 204 g/mol. The molecule has 1 aromatic rings. The van der Waals surface area contributed by atoms with Crippen LogP contribution in [0.15, 0.2) is 6.20 Å². The Morgan fingerprint density at radius 3 is 2.56 bits per heavy atom. The van der Waals surface area contributed by atoms with Gasteiger partial charge in [0.2, 0.25) is 0 Å². The van der Waals surface area contributed by atoms with Crippen LogP contribution in [-0.4, -0.2) is 26.5 Å². The molecule has 4 nitrogen and oxygen atoms in total. The first-order chi connectivity index (χ1) is 7.40. The molecule has 0 aliphatic carbocycles. The van der Waals surface area contributed by atoms with E-state index >= 15 is 0 Å². The maximum atomic E-state index is 11.7. The van der Waals surface area contributed by atoms with Crippen LogP contribution in [0, 0.1) is 19.8 Å². The first kappa shape index (κ1) is 12.9. The SMILES string of the molecule is Cc1cn(CC(C)C(=O)CC(C)O)c(C)n1. The molecule has 0 amide bonds. The van der Waals surface area contributed by atoms with E-state index in [-0.39, 0.29) is 18.1 Å².